The Morgan fingerprint density at radius 1 is 1.69 bits per heavy atom. The van der Waals surface area contributed by atoms with Crippen molar-refractivity contribution >= 4 is 11.6 Å². The molecule has 0 spiro atoms. The van der Waals surface area contributed by atoms with Crippen LogP contribution in [0.1, 0.15) is 12.6 Å². The van der Waals surface area contributed by atoms with Gasteiger partial charge in [-0.1, -0.05) is 11.6 Å². The van der Waals surface area contributed by atoms with E-state index in [-0.39, 0.29) is 11.9 Å². The van der Waals surface area contributed by atoms with Crippen molar-refractivity contribution in [3.8, 4) is 0 Å². The molecule has 4 heteroatoms. The van der Waals surface area contributed by atoms with E-state index in [1.54, 1.807) is 0 Å². The van der Waals surface area contributed by atoms with Gasteiger partial charge >= 0.3 is 0 Å². The van der Waals surface area contributed by atoms with Crippen molar-refractivity contribution in [2.75, 3.05) is 7.05 Å². The van der Waals surface area contributed by atoms with Crippen molar-refractivity contribution in [2.24, 2.45) is 0 Å². The highest BCUT2D eigenvalue weighted by Crippen LogP contribution is 2.12. The van der Waals surface area contributed by atoms with Crippen LogP contribution in [0.4, 0.5) is 4.39 Å². The number of likely N-dealkylation sites (N-methyl/N-ethyl adjacent to an activating group) is 1. The van der Waals surface area contributed by atoms with Crippen LogP contribution in [0, 0.1) is 5.82 Å². The summed E-state index contributed by atoms with van der Waals surface area (Å²) in [6.45, 7) is 1.97. The van der Waals surface area contributed by atoms with Crippen LogP contribution in [0.2, 0.25) is 5.02 Å². The Bertz CT molecular complexity index is 291. The molecule has 1 N–H and O–H groups in total. The van der Waals surface area contributed by atoms with Crippen molar-refractivity contribution in [3.63, 3.8) is 0 Å². The predicted molar refractivity (Wildman–Crippen MR) is 51.4 cm³/mol. The highest BCUT2D eigenvalue weighted by molar-refractivity contribution is 6.30. The number of rotatable bonds is 3. The van der Waals surface area contributed by atoms with Crippen LogP contribution in [-0.2, 0) is 6.42 Å². The van der Waals surface area contributed by atoms with Gasteiger partial charge in [0.25, 0.3) is 0 Å². The van der Waals surface area contributed by atoms with Crippen molar-refractivity contribution in [1.82, 2.24) is 10.3 Å². The molecular formula is C9H12ClFN2. The van der Waals surface area contributed by atoms with E-state index >= 15 is 0 Å². The topological polar surface area (TPSA) is 24.9 Å². The zero-order valence-corrected chi connectivity index (χ0v) is 8.40. The summed E-state index contributed by atoms with van der Waals surface area (Å²) >= 11 is 5.57. The normalized spacial score (nSPS) is 12.9. The highest BCUT2D eigenvalue weighted by Gasteiger charge is 2.07. The minimum absolute atomic E-state index is 0.211. The third-order valence-electron chi connectivity index (χ3n) is 1.88. The molecule has 0 amide bonds. The van der Waals surface area contributed by atoms with E-state index in [1.807, 2.05) is 14.0 Å². The van der Waals surface area contributed by atoms with Gasteiger partial charge in [0.1, 0.15) is 5.82 Å². The van der Waals surface area contributed by atoms with Gasteiger partial charge in [-0.15, -0.1) is 0 Å². The molecule has 0 radical (unpaired) electrons. The van der Waals surface area contributed by atoms with Crippen molar-refractivity contribution in [3.05, 3.63) is 28.8 Å². The maximum absolute atomic E-state index is 13.2. The van der Waals surface area contributed by atoms with E-state index in [2.05, 4.69) is 10.3 Å². The lowest BCUT2D eigenvalue weighted by Gasteiger charge is -2.09. The minimum Gasteiger partial charge on any atom is -0.317 e. The van der Waals surface area contributed by atoms with Crippen molar-refractivity contribution in [2.45, 2.75) is 19.4 Å². The SMILES string of the molecule is CNC(C)Cc1ncc(Cl)cc1F. The summed E-state index contributed by atoms with van der Waals surface area (Å²) in [5.74, 6) is -0.338. The molecule has 0 bridgehead atoms. The molecule has 1 aromatic rings. The van der Waals surface area contributed by atoms with Gasteiger partial charge in [0.05, 0.1) is 10.7 Å². The summed E-state index contributed by atoms with van der Waals surface area (Å²) in [7, 11) is 1.83. The molecule has 2 nitrogen and oxygen atoms in total. The van der Waals surface area contributed by atoms with Crippen LogP contribution in [0.15, 0.2) is 12.3 Å². The van der Waals surface area contributed by atoms with Crippen LogP contribution in [0.5, 0.6) is 0 Å². The zero-order chi connectivity index (χ0) is 9.84. The van der Waals surface area contributed by atoms with E-state index in [4.69, 9.17) is 11.6 Å². The molecule has 1 rings (SSSR count). The predicted octanol–water partition coefficient (Wildman–Crippen LogP) is 2.02. The Hall–Kier alpha value is -0.670. The quantitative estimate of drug-likeness (QED) is 0.812. The van der Waals surface area contributed by atoms with Gasteiger partial charge in [0, 0.05) is 18.7 Å². The first-order valence-corrected chi connectivity index (χ1v) is 4.48. The largest absolute Gasteiger partial charge is 0.317 e. The molecule has 0 aromatic carbocycles. The molecule has 0 aliphatic carbocycles. The van der Waals surface area contributed by atoms with Crippen molar-refractivity contribution in [1.29, 1.82) is 0 Å². The molecule has 1 aromatic heterocycles. The van der Waals surface area contributed by atoms with Gasteiger partial charge in [-0.25, -0.2) is 4.39 Å². The molecule has 0 saturated heterocycles. The van der Waals surface area contributed by atoms with E-state index in [1.165, 1.54) is 12.3 Å². The standard InChI is InChI=1S/C9H12ClFN2/c1-6(12-2)3-9-8(11)4-7(10)5-13-9/h4-6,12H,3H2,1-2H3. The molecule has 1 atom stereocenters. The number of halogens is 2. The lowest BCUT2D eigenvalue weighted by molar-refractivity contribution is 0.551. The van der Waals surface area contributed by atoms with Crippen molar-refractivity contribution < 1.29 is 4.39 Å². The molecule has 1 unspecified atom stereocenters. The number of aromatic nitrogens is 1. The first-order valence-electron chi connectivity index (χ1n) is 4.10. The number of hydrogen-bond donors (Lipinski definition) is 1. The third kappa shape index (κ3) is 2.94. The van der Waals surface area contributed by atoms with Crippen LogP contribution in [0.3, 0.4) is 0 Å². The summed E-state index contributed by atoms with van der Waals surface area (Å²) in [5, 5.41) is 3.35. The van der Waals surface area contributed by atoms with Gasteiger partial charge in [0.15, 0.2) is 0 Å². The van der Waals surface area contributed by atoms with E-state index in [9.17, 15) is 4.39 Å². The fourth-order valence-corrected chi connectivity index (χ4v) is 1.13. The van der Waals surface area contributed by atoms with Gasteiger partial charge in [-0.3, -0.25) is 4.98 Å². The Balaban J connectivity index is 2.77. The fourth-order valence-electron chi connectivity index (χ4n) is 0.985. The smallest absolute Gasteiger partial charge is 0.146 e. The van der Waals surface area contributed by atoms with Gasteiger partial charge in [-0.05, 0) is 20.0 Å². The Morgan fingerprint density at radius 3 is 2.92 bits per heavy atom. The second-order valence-electron chi connectivity index (χ2n) is 2.98. The van der Waals surface area contributed by atoms with Gasteiger partial charge < -0.3 is 5.32 Å². The second-order valence-corrected chi connectivity index (χ2v) is 3.41. The minimum atomic E-state index is -0.338. The average molecular weight is 203 g/mol. The summed E-state index contributed by atoms with van der Waals surface area (Å²) in [6, 6.07) is 1.50. The van der Waals surface area contributed by atoms with Crippen LogP contribution < -0.4 is 5.32 Å². The summed E-state index contributed by atoms with van der Waals surface area (Å²) < 4.78 is 13.2. The number of pyridine rings is 1. The summed E-state index contributed by atoms with van der Waals surface area (Å²) in [6.07, 6.45) is 2.03. The first-order chi connectivity index (χ1) is 6.13. The molecule has 0 fully saturated rings. The Kier molecular flexibility index (Phi) is 3.63. The number of nitrogens with zero attached hydrogens (tertiary/aromatic N) is 1. The third-order valence-corrected chi connectivity index (χ3v) is 2.08. The molecule has 0 aliphatic rings. The van der Waals surface area contributed by atoms with Crippen LogP contribution >= 0.6 is 11.6 Å². The molecule has 13 heavy (non-hydrogen) atoms. The number of nitrogens with one attached hydrogen (secondary N) is 1. The maximum Gasteiger partial charge on any atom is 0.146 e. The van der Waals surface area contributed by atoms with E-state index < -0.39 is 0 Å². The van der Waals surface area contributed by atoms with Crippen LogP contribution in [0.25, 0.3) is 0 Å². The van der Waals surface area contributed by atoms with Gasteiger partial charge in [-0.2, -0.15) is 0 Å². The second kappa shape index (κ2) is 4.53. The monoisotopic (exact) mass is 202 g/mol. The average Bonchev–Trinajstić information content (AvgIpc) is 2.09. The lowest BCUT2D eigenvalue weighted by Crippen LogP contribution is -2.24. The Morgan fingerprint density at radius 2 is 2.38 bits per heavy atom. The summed E-state index contributed by atoms with van der Waals surface area (Å²) in [5.41, 5.74) is 0.450. The van der Waals surface area contributed by atoms with E-state index in [0.29, 0.717) is 17.1 Å². The molecular weight excluding hydrogens is 191 g/mol. The zero-order valence-electron chi connectivity index (χ0n) is 7.64. The van der Waals surface area contributed by atoms with Crippen LogP contribution in [-0.4, -0.2) is 18.1 Å². The van der Waals surface area contributed by atoms with E-state index in [0.717, 1.165) is 0 Å². The first kappa shape index (κ1) is 10.4. The maximum atomic E-state index is 13.2. The highest BCUT2D eigenvalue weighted by atomic mass is 35.5. The Labute approximate surface area is 82.1 Å². The summed E-state index contributed by atoms with van der Waals surface area (Å²) in [4.78, 5) is 3.92. The number of hydrogen-bond acceptors (Lipinski definition) is 2. The fraction of sp³-hybridized carbons (Fsp3) is 0.444. The molecule has 1 heterocycles. The molecule has 72 valence electrons. The molecule has 0 saturated carbocycles. The molecule has 0 aliphatic heterocycles. The lowest BCUT2D eigenvalue weighted by atomic mass is 10.1. The van der Waals surface area contributed by atoms with Gasteiger partial charge in [0.2, 0.25) is 0 Å².